The molecule has 0 spiro atoms. The summed E-state index contributed by atoms with van der Waals surface area (Å²) in [5.74, 6) is 0.558. The van der Waals surface area contributed by atoms with E-state index in [1.54, 1.807) is 13.4 Å². The Balaban J connectivity index is 1.91. The summed E-state index contributed by atoms with van der Waals surface area (Å²) in [7, 11) is 1.73. The third-order valence-electron chi connectivity index (χ3n) is 3.67. The highest BCUT2D eigenvalue weighted by Crippen LogP contribution is 2.15. The Morgan fingerprint density at radius 1 is 1.10 bits per heavy atom. The fourth-order valence-corrected chi connectivity index (χ4v) is 2.50. The van der Waals surface area contributed by atoms with Crippen LogP contribution < -0.4 is 5.32 Å². The molecule has 1 unspecified atom stereocenters. The molecular formula is C18H25NO2. The van der Waals surface area contributed by atoms with Crippen molar-refractivity contribution in [1.82, 2.24) is 5.32 Å². The second-order valence-corrected chi connectivity index (χ2v) is 5.59. The van der Waals surface area contributed by atoms with Gasteiger partial charge in [-0.3, -0.25) is 0 Å². The summed E-state index contributed by atoms with van der Waals surface area (Å²) in [6.45, 7) is 4.76. The molecule has 0 aliphatic rings. The summed E-state index contributed by atoms with van der Waals surface area (Å²) < 4.78 is 10.3. The number of benzene rings is 1. The van der Waals surface area contributed by atoms with Gasteiger partial charge in [-0.05, 0) is 49.4 Å². The first-order valence-corrected chi connectivity index (χ1v) is 7.54. The van der Waals surface area contributed by atoms with Gasteiger partial charge < -0.3 is 14.5 Å². The van der Waals surface area contributed by atoms with Crippen LogP contribution in [-0.4, -0.2) is 26.8 Å². The van der Waals surface area contributed by atoms with Crippen LogP contribution in [0.3, 0.4) is 0 Å². The molecule has 0 bridgehead atoms. The van der Waals surface area contributed by atoms with Crippen LogP contribution in [0.25, 0.3) is 0 Å². The molecule has 3 nitrogen and oxygen atoms in total. The Hall–Kier alpha value is -1.58. The van der Waals surface area contributed by atoms with Crippen LogP contribution >= 0.6 is 0 Å². The van der Waals surface area contributed by atoms with E-state index in [1.807, 2.05) is 6.26 Å². The second-order valence-electron chi connectivity index (χ2n) is 5.59. The highest BCUT2D eigenvalue weighted by Gasteiger charge is 2.11. The summed E-state index contributed by atoms with van der Waals surface area (Å²) >= 11 is 0. The monoisotopic (exact) mass is 287 g/mol. The van der Waals surface area contributed by atoms with Gasteiger partial charge >= 0.3 is 0 Å². The van der Waals surface area contributed by atoms with Crippen molar-refractivity contribution in [2.24, 2.45) is 5.92 Å². The molecule has 0 amide bonds. The number of methoxy groups -OCH3 is 1. The minimum absolute atomic E-state index is 0.558. The normalized spacial score (nSPS) is 12.5. The maximum Gasteiger partial charge on any atom is 0.0934 e. The van der Waals surface area contributed by atoms with Crippen molar-refractivity contribution in [3.63, 3.8) is 0 Å². The van der Waals surface area contributed by atoms with E-state index in [9.17, 15) is 0 Å². The summed E-state index contributed by atoms with van der Waals surface area (Å²) in [5.41, 5.74) is 3.96. The third-order valence-corrected chi connectivity index (χ3v) is 3.67. The van der Waals surface area contributed by atoms with Gasteiger partial charge in [0.1, 0.15) is 0 Å². The van der Waals surface area contributed by atoms with E-state index in [4.69, 9.17) is 9.15 Å². The first-order chi connectivity index (χ1) is 10.3. The molecule has 1 atom stereocenters. The molecule has 0 saturated carbocycles. The highest BCUT2D eigenvalue weighted by molar-refractivity contribution is 5.22. The summed E-state index contributed by atoms with van der Waals surface area (Å²) in [6.07, 6.45) is 5.70. The number of furan rings is 1. The zero-order chi connectivity index (χ0) is 14.9. The van der Waals surface area contributed by atoms with Crippen LogP contribution in [0.1, 0.15) is 16.7 Å². The molecule has 2 rings (SSSR count). The van der Waals surface area contributed by atoms with E-state index in [1.165, 1.54) is 16.7 Å². The lowest BCUT2D eigenvalue weighted by Gasteiger charge is -2.17. The lowest BCUT2D eigenvalue weighted by molar-refractivity contribution is 0.197. The Labute approximate surface area is 127 Å². The number of aryl methyl sites for hydroxylation is 1. The largest absolute Gasteiger partial charge is 0.472 e. The van der Waals surface area contributed by atoms with Gasteiger partial charge in [0.25, 0.3) is 0 Å². The molecule has 0 fully saturated rings. The van der Waals surface area contributed by atoms with E-state index in [2.05, 4.69) is 42.6 Å². The first-order valence-electron chi connectivity index (χ1n) is 7.54. The minimum atomic E-state index is 0.558. The quantitative estimate of drug-likeness (QED) is 0.719. The molecule has 1 aromatic heterocycles. The smallest absolute Gasteiger partial charge is 0.0934 e. The van der Waals surface area contributed by atoms with Crippen molar-refractivity contribution in [3.05, 3.63) is 59.5 Å². The van der Waals surface area contributed by atoms with Crippen molar-refractivity contribution >= 4 is 0 Å². The number of rotatable bonds is 9. The van der Waals surface area contributed by atoms with Gasteiger partial charge in [0.2, 0.25) is 0 Å². The van der Waals surface area contributed by atoms with Crippen LogP contribution in [0.15, 0.2) is 47.3 Å². The average molecular weight is 287 g/mol. The van der Waals surface area contributed by atoms with Crippen molar-refractivity contribution < 1.29 is 9.15 Å². The molecule has 0 radical (unpaired) electrons. The maximum absolute atomic E-state index is 5.18. The standard InChI is InChI=1S/C18H25NO2/c1-15-3-5-16(6-4-15)11-18(13-19-8-10-20-2)12-17-7-9-21-14-17/h3-7,9,14,18-19H,8,10-13H2,1-2H3. The molecule has 1 N–H and O–H groups in total. The maximum atomic E-state index is 5.18. The molecule has 21 heavy (non-hydrogen) atoms. The van der Waals surface area contributed by atoms with Crippen molar-refractivity contribution in [1.29, 1.82) is 0 Å². The Bertz CT molecular complexity index is 490. The van der Waals surface area contributed by atoms with Gasteiger partial charge in [0.15, 0.2) is 0 Å². The number of hydrogen-bond donors (Lipinski definition) is 1. The SMILES string of the molecule is COCCNCC(Cc1ccc(C)cc1)Cc1ccoc1. The predicted molar refractivity (Wildman–Crippen MR) is 85.5 cm³/mol. The number of nitrogens with one attached hydrogen (secondary N) is 1. The van der Waals surface area contributed by atoms with Crippen LogP contribution in [-0.2, 0) is 17.6 Å². The number of hydrogen-bond acceptors (Lipinski definition) is 3. The number of ether oxygens (including phenoxy) is 1. The topological polar surface area (TPSA) is 34.4 Å². The van der Waals surface area contributed by atoms with E-state index in [0.717, 1.165) is 32.5 Å². The predicted octanol–water partition coefficient (Wildman–Crippen LogP) is 3.23. The van der Waals surface area contributed by atoms with Gasteiger partial charge in [-0.2, -0.15) is 0 Å². The van der Waals surface area contributed by atoms with Crippen molar-refractivity contribution in [3.8, 4) is 0 Å². The van der Waals surface area contributed by atoms with Crippen LogP contribution in [0.2, 0.25) is 0 Å². The van der Waals surface area contributed by atoms with Crippen LogP contribution in [0, 0.1) is 12.8 Å². The van der Waals surface area contributed by atoms with E-state index >= 15 is 0 Å². The van der Waals surface area contributed by atoms with E-state index in [0.29, 0.717) is 5.92 Å². The molecule has 2 aromatic rings. The molecule has 0 saturated heterocycles. The lowest BCUT2D eigenvalue weighted by Crippen LogP contribution is -2.28. The summed E-state index contributed by atoms with van der Waals surface area (Å²) in [5, 5.41) is 3.47. The molecule has 0 aliphatic heterocycles. The molecule has 1 aromatic carbocycles. The van der Waals surface area contributed by atoms with Crippen molar-refractivity contribution in [2.45, 2.75) is 19.8 Å². The zero-order valence-corrected chi connectivity index (χ0v) is 13.0. The van der Waals surface area contributed by atoms with Crippen molar-refractivity contribution in [2.75, 3.05) is 26.8 Å². The van der Waals surface area contributed by atoms with Gasteiger partial charge in [-0.1, -0.05) is 29.8 Å². The molecule has 0 aliphatic carbocycles. The average Bonchev–Trinajstić information content (AvgIpc) is 2.99. The van der Waals surface area contributed by atoms with Gasteiger partial charge in [0.05, 0.1) is 19.1 Å². The minimum Gasteiger partial charge on any atom is -0.472 e. The second kappa shape index (κ2) is 8.65. The third kappa shape index (κ3) is 5.74. The Kier molecular flexibility index (Phi) is 6.51. The molecule has 1 heterocycles. The Morgan fingerprint density at radius 3 is 2.52 bits per heavy atom. The fourth-order valence-electron chi connectivity index (χ4n) is 2.50. The van der Waals surface area contributed by atoms with Crippen LogP contribution in [0.4, 0.5) is 0 Å². The van der Waals surface area contributed by atoms with Gasteiger partial charge in [-0.15, -0.1) is 0 Å². The molecule has 114 valence electrons. The Morgan fingerprint density at radius 2 is 1.86 bits per heavy atom. The van der Waals surface area contributed by atoms with Gasteiger partial charge in [0, 0.05) is 13.7 Å². The molecule has 3 heteroatoms. The fraction of sp³-hybridized carbons (Fsp3) is 0.444. The summed E-state index contributed by atoms with van der Waals surface area (Å²) in [4.78, 5) is 0. The van der Waals surface area contributed by atoms with Gasteiger partial charge in [-0.25, -0.2) is 0 Å². The lowest BCUT2D eigenvalue weighted by atomic mass is 9.93. The summed E-state index contributed by atoms with van der Waals surface area (Å²) in [6, 6.07) is 10.9. The first kappa shape index (κ1) is 15.8. The molecular weight excluding hydrogens is 262 g/mol. The zero-order valence-electron chi connectivity index (χ0n) is 13.0. The van der Waals surface area contributed by atoms with E-state index < -0.39 is 0 Å². The van der Waals surface area contributed by atoms with Crippen LogP contribution in [0.5, 0.6) is 0 Å². The van der Waals surface area contributed by atoms with E-state index in [-0.39, 0.29) is 0 Å². The highest BCUT2D eigenvalue weighted by atomic mass is 16.5.